The number of carbonyl (C=O) groups is 2. The van der Waals surface area contributed by atoms with Gasteiger partial charge in [0.25, 0.3) is 0 Å². The van der Waals surface area contributed by atoms with E-state index in [0.717, 1.165) is 32.1 Å². The average Bonchev–Trinajstić information content (AvgIpc) is 2.80. The number of carbonyl (C=O) groups excluding carboxylic acids is 2. The van der Waals surface area contributed by atoms with Crippen LogP contribution in [-0.2, 0) is 19.1 Å². The van der Waals surface area contributed by atoms with Crippen molar-refractivity contribution in [2.24, 2.45) is 0 Å². The van der Waals surface area contributed by atoms with Crippen molar-refractivity contribution in [3.63, 3.8) is 0 Å². The molecule has 0 aromatic rings. The Balaban J connectivity index is 3.32. The van der Waals surface area contributed by atoms with Gasteiger partial charge in [-0.05, 0) is 25.7 Å². The van der Waals surface area contributed by atoms with Gasteiger partial charge in [-0.1, -0.05) is 124 Å². The van der Waals surface area contributed by atoms with E-state index in [-0.39, 0.29) is 18.0 Å². The van der Waals surface area contributed by atoms with Crippen LogP contribution in [0.25, 0.3) is 0 Å². The standard InChI is InChI=1S/C29H56O4/c1-4-7-8-9-10-11-12-13-14-15-16-17-18-19-20-21-26-32-28(30)24-22-25-29(31)33-27(6-3)23-5-2/h27H,4-26H2,1-3H3. The zero-order valence-electron chi connectivity index (χ0n) is 22.5. The van der Waals surface area contributed by atoms with E-state index in [1.165, 1.54) is 89.9 Å². The first-order valence-electron chi connectivity index (χ1n) is 14.5. The number of esters is 2. The van der Waals surface area contributed by atoms with Crippen molar-refractivity contribution in [3.05, 3.63) is 0 Å². The summed E-state index contributed by atoms with van der Waals surface area (Å²) < 4.78 is 10.7. The zero-order valence-corrected chi connectivity index (χ0v) is 22.5. The van der Waals surface area contributed by atoms with E-state index >= 15 is 0 Å². The molecule has 0 N–H and O–H groups in total. The predicted octanol–water partition coefficient (Wildman–Crippen LogP) is 9.08. The summed E-state index contributed by atoms with van der Waals surface area (Å²) in [6.07, 6.45) is 25.3. The van der Waals surface area contributed by atoms with Crippen LogP contribution in [0.4, 0.5) is 0 Å². The Hall–Kier alpha value is -1.06. The van der Waals surface area contributed by atoms with Gasteiger partial charge in [-0.2, -0.15) is 0 Å². The molecule has 33 heavy (non-hydrogen) atoms. The van der Waals surface area contributed by atoms with Crippen molar-refractivity contribution in [2.45, 2.75) is 168 Å². The summed E-state index contributed by atoms with van der Waals surface area (Å²) in [5.74, 6) is -0.384. The summed E-state index contributed by atoms with van der Waals surface area (Å²) in [5.41, 5.74) is 0. The summed E-state index contributed by atoms with van der Waals surface area (Å²) in [7, 11) is 0. The van der Waals surface area contributed by atoms with Gasteiger partial charge in [-0.25, -0.2) is 0 Å². The number of hydrogen-bond donors (Lipinski definition) is 0. The van der Waals surface area contributed by atoms with Gasteiger partial charge in [0.2, 0.25) is 0 Å². The first-order valence-corrected chi connectivity index (χ1v) is 14.5. The van der Waals surface area contributed by atoms with E-state index in [9.17, 15) is 9.59 Å². The molecule has 0 aliphatic heterocycles. The Labute approximate surface area is 206 Å². The van der Waals surface area contributed by atoms with E-state index in [1.807, 2.05) is 6.92 Å². The molecular weight excluding hydrogens is 412 g/mol. The Morgan fingerprint density at radius 1 is 0.545 bits per heavy atom. The molecule has 0 amide bonds. The van der Waals surface area contributed by atoms with Crippen LogP contribution in [0.5, 0.6) is 0 Å². The van der Waals surface area contributed by atoms with Gasteiger partial charge >= 0.3 is 11.9 Å². The van der Waals surface area contributed by atoms with Crippen molar-refractivity contribution in [1.82, 2.24) is 0 Å². The third-order valence-electron chi connectivity index (χ3n) is 6.39. The highest BCUT2D eigenvalue weighted by Gasteiger charge is 2.12. The second kappa shape index (κ2) is 25.6. The first kappa shape index (κ1) is 31.9. The van der Waals surface area contributed by atoms with Gasteiger partial charge < -0.3 is 9.47 Å². The van der Waals surface area contributed by atoms with Gasteiger partial charge in [0, 0.05) is 12.8 Å². The third-order valence-corrected chi connectivity index (χ3v) is 6.39. The van der Waals surface area contributed by atoms with Crippen molar-refractivity contribution in [2.75, 3.05) is 6.61 Å². The SMILES string of the molecule is CCCCCCCCCCCCCCCCCCOC(=O)CCCC(=O)OC(CC)CCC. The summed E-state index contributed by atoms with van der Waals surface area (Å²) in [5, 5.41) is 0. The lowest BCUT2D eigenvalue weighted by atomic mass is 10.0. The molecule has 0 bridgehead atoms. The van der Waals surface area contributed by atoms with Crippen LogP contribution in [0.2, 0.25) is 0 Å². The molecule has 4 heteroatoms. The quantitative estimate of drug-likeness (QED) is 0.0990. The fourth-order valence-corrected chi connectivity index (χ4v) is 4.20. The predicted molar refractivity (Wildman–Crippen MR) is 139 cm³/mol. The van der Waals surface area contributed by atoms with Gasteiger partial charge in [-0.3, -0.25) is 9.59 Å². The molecule has 0 fully saturated rings. The summed E-state index contributed by atoms with van der Waals surface area (Å²) in [6, 6.07) is 0. The van der Waals surface area contributed by atoms with Crippen LogP contribution in [-0.4, -0.2) is 24.6 Å². The smallest absolute Gasteiger partial charge is 0.306 e. The lowest BCUT2D eigenvalue weighted by Gasteiger charge is -2.15. The molecule has 0 aliphatic carbocycles. The maximum atomic E-state index is 11.8. The molecule has 0 rings (SSSR count). The molecule has 0 spiro atoms. The molecule has 0 radical (unpaired) electrons. The summed E-state index contributed by atoms with van der Waals surface area (Å²) >= 11 is 0. The highest BCUT2D eigenvalue weighted by molar-refractivity contribution is 5.72. The topological polar surface area (TPSA) is 52.6 Å². The van der Waals surface area contributed by atoms with Crippen LogP contribution in [0, 0.1) is 0 Å². The first-order chi connectivity index (χ1) is 16.1. The van der Waals surface area contributed by atoms with Crippen LogP contribution in [0.15, 0.2) is 0 Å². The van der Waals surface area contributed by atoms with Crippen molar-refractivity contribution < 1.29 is 19.1 Å². The molecule has 0 aromatic heterocycles. The third kappa shape index (κ3) is 23.9. The zero-order chi connectivity index (χ0) is 24.4. The minimum atomic E-state index is -0.194. The number of rotatable bonds is 25. The highest BCUT2D eigenvalue weighted by atomic mass is 16.5. The number of ether oxygens (including phenoxy) is 2. The molecule has 1 unspecified atom stereocenters. The number of hydrogen-bond acceptors (Lipinski definition) is 4. The molecule has 196 valence electrons. The Bertz CT molecular complexity index is 435. The van der Waals surface area contributed by atoms with E-state index in [0.29, 0.717) is 25.9 Å². The summed E-state index contributed by atoms with van der Waals surface area (Å²) in [6.45, 7) is 6.91. The molecule has 0 saturated carbocycles. The van der Waals surface area contributed by atoms with E-state index in [2.05, 4.69) is 13.8 Å². The second-order valence-electron chi connectivity index (χ2n) is 9.69. The maximum absolute atomic E-state index is 11.8. The molecule has 0 aliphatic rings. The summed E-state index contributed by atoms with van der Waals surface area (Å²) in [4.78, 5) is 23.6. The monoisotopic (exact) mass is 468 g/mol. The van der Waals surface area contributed by atoms with Crippen LogP contribution in [0.3, 0.4) is 0 Å². The molecule has 0 aromatic carbocycles. The van der Waals surface area contributed by atoms with Gasteiger partial charge in [-0.15, -0.1) is 0 Å². The molecule has 0 saturated heterocycles. The van der Waals surface area contributed by atoms with Crippen LogP contribution >= 0.6 is 0 Å². The Morgan fingerprint density at radius 3 is 1.45 bits per heavy atom. The Morgan fingerprint density at radius 2 is 1.00 bits per heavy atom. The second-order valence-corrected chi connectivity index (χ2v) is 9.69. The van der Waals surface area contributed by atoms with E-state index < -0.39 is 0 Å². The van der Waals surface area contributed by atoms with E-state index in [1.54, 1.807) is 0 Å². The van der Waals surface area contributed by atoms with Crippen molar-refractivity contribution >= 4 is 11.9 Å². The Kier molecular flexibility index (Phi) is 24.7. The number of unbranched alkanes of at least 4 members (excludes halogenated alkanes) is 15. The fraction of sp³-hybridized carbons (Fsp3) is 0.931. The lowest BCUT2D eigenvalue weighted by molar-refractivity contribution is -0.150. The van der Waals surface area contributed by atoms with Gasteiger partial charge in [0.05, 0.1) is 6.61 Å². The highest BCUT2D eigenvalue weighted by Crippen LogP contribution is 2.14. The van der Waals surface area contributed by atoms with Gasteiger partial charge in [0.15, 0.2) is 0 Å². The largest absolute Gasteiger partial charge is 0.466 e. The fourth-order valence-electron chi connectivity index (χ4n) is 4.20. The molecule has 1 atom stereocenters. The maximum Gasteiger partial charge on any atom is 0.306 e. The minimum absolute atomic E-state index is 0.0179. The van der Waals surface area contributed by atoms with Crippen molar-refractivity contribution in [3.8, 4) is 0 Å². The van der Waals surface area contributed by atoms with Gasteiger partial charge in [0.1, 0.15) is 6.10 Å². The van der Waals surface area contributed by atoms with Crippen LogP contribution < -0.4 is 0 Å². The van der Waals surface area contributed by atoms with E-state index in [4.69, 9.17) is 9.47 Å². The lowest BCUT2D eigenvalue weighted by Crippen LogP contribution is -2.17. The van der Waals surface area contributed by atoms with Crippen LogP contribution in [0.1, 0.15) is 162 Å². The molecule has 0 heterocycles. The van der Waals surface area contributed by atoms with Crippen molar-refractivity contribution in [1.29, 1.82) is 0 Å². The molecule has 4 nitrogen and oxygen atoms in total. The molecular formula is C29H56O4. The minimum Gasteiger partial charge on any atom is -0.466 e. The normalized spacial score (nSPS) is 12.0. The average molecular weight is 469 g/mol.